The van der Waals surface area contributed by atoms with Gasteiger partial charge in [0.05, 0.1) is 36.2 Å². The molecule has 0 aliphatic carbocycles. The SMILES string of the molecule is CN(C)C(=O)c1cccc(OCCC[NH+](Cc2cccc(C(F)(F)F)c2Cl)CC(c2ccccc2)c2ccccc2)c1. The van der Waals surface area contributed by atoms with E-state index in [1.807, 2.05) is 36.4 Å². The van der Waals surface area contributed by atoms with Crippen LogP contribution in [0.15, 0.2) is 103 Å². The van der Waals surface area contributed by atoms with Crippen molar-refractivity contribution in [2.75, 3.05) is 33.8 Å². The molecule has 1 atom stereocenters. The summed E-state index contributed by atoms with van der Waals surface area (Å²) in [5.74, 6) is 0.514. The molecule has 0 aliphatic heterocycles. The number of amides is 1. The van der Waals surface area contributed by atoms with Gasteiger partial charge in [0, 0.05) is 31.6 Å². The molecule has 4 nitrogen and oxygen atoms in total. The Bertz CT molecular complexity index is 1410. The van der Waals surface area contributed by atoms with Crippen molar-refractivity contribution in [1.82, 2.24) is 4.90 Å². The van der Waals surface area contributed by atoms with Crippen LogP contribution in [0.4, 0.5) is 13.2 Å². The van der Waals surface area contributed by atoms with Crippen molar-refractivity contribution in [1.29, 1.82) is 0 Å². The third-order valence-corrected chi connectivity index (χ3v) is 7.60. The van der Waals surface area contributed by atoms with Crippen molar-refractivity contribution in [3.63, 3.8) is 0 Å². The maximum Gasteiger partial charge on any atom is 0.417 e. The number of alkyl halides is 3. The second-order valence-corrected chi connectivity index (χ2v) is 10.8. The summed E-state index contributed by atoms with van der Waals surface area (Å²) in [6, 6.07) is 31.4. The highest BCUT2D eigenvalue weighted by Crippen LogP contribution is 2.36. The van der Waals surface area contributed by atoms with Gasteiger partial charge in [-0.2, -0.15) is 13.2 Å². The number of hydrogen-bond acceptors (Lipinski definition) is 2. The van der Waals surface area contributed by atoms with Crippen LogP contribution < -0.4 is 9.64 Å². The second-order valence-electron chi connectivity index (χ2n) is 10.5. The average Bonchev–Trinajstić information content (AvgIpc) is 2.98. The molecule has 42 heavy (non-hydrogen) atoms. The van der Waals surface area contributed by atoms with Gasteiger partial charge >= 0.3 is 6.18 Å². The second kappa shape index (κ2) is 14.4. The van der Waals surface area contributed by atoms with Crippen LogP contribution in [-0.4, -0.2) is 44.6 Å². The molecule has 4 aromatic rings. The zero-order valence-corrected chi connectivity index (χ0v) is 24.5. The van der Waals surface area contributed by atoms with Gasteiger partial charge < -0.3 is 14.5 Å². The van der Waals surface area contributed by atoms with Crippen molar-refractivity contribution >= 4 is 17.5 Å². The van der Waals surface area contributed by atoms with E-state index in [-0.39, 0.29) is 16.8 Å². The van der Waals surface area contributed by atoms with Crippen LogP contribution in [0.3, 0.4) is 0 Å². The monoisotopic (exact) mass is 595 g/mol. The number of halogens is 4. The molecule has 4 rings (SSSR count). The minimum absolute atomic E-state index is 0.0293. The molecule has 220 valence electrons. The third-order valence-electron chi connectivity index (χ3n) is 7.15. The highest BCUT2D eigenvalue weighted by Gasteiger charge is 2.34. The molecule has 0 heterocycles. The number of carbonyl (C=O) groups is 1. The number of benzene rings is 4. The zero-order valence-electron chi connectivity index (χ0n) is 23.7. The Morgan fingerprint density at radius 3 is 2.10 bits per heavy atom. The van der Waals surface area contributed by atoms with E-state index in [4.69, 9.17) is 16.3 Å². The summed E-state index contributed by atoms with van der Waals surface area (Å²) in [7, 11) is 3.39. The lowest BCUT2D eigenvalue weighted by atomic mass is 9.90. The van der Waals surface area contributed by atoms with Crippen molar-refractivity contribution in [2.45, 2.75) is 25.1 Å². The molecular weight excluding hydrogens is 561 g/mol. The van der Waals surface area contributed by atoms with Crippen LogP contribution in [0.5, 0.6) is 5.75 Å². The molecule has 0 fully saturated rings. The average molecular weight is 596 g/mol. The van der Waals surface area contributed by atoms with Gasteiger partial charge in [-0.3, -0.25) is 4.79 Å². The molecule has 0 aromatic heterocycles. The standard InChI is InChI=1S/C34H34ClF3N2O2/c1-39(2)33(41)27-16-9-18-29(22-27)42-21-11-20-40(23-28-17-10-19-31(32(28)35)34(36,37)38)24-30(25-12-5-3-6-13-25)26-14-7-4-8-15-26/h3-10,12-19,22,30H,11,20-21,23-24H2,1-2H3/p+1. The topological polar surface area (TPSA) is 34.0 Å². The molecule has 4 aromatic carbocycles. The summed E-state index contributed by atoms with van der Waals surface area (Å²) >= 11 is 6.32. The maximum absolute atomic E-state index is 13.6. The molecule has 0 bridgehead atoms. The summed E-state index contributed by atoms with van der Waals surface area (Å²) in [5, 5.41) is -0.253. The number of carbonyl (C=O) groups excluding carboxylic acids is 1. The van der Waals surface area contributed by atoms with E-state index in [9.17, 15) is 18.0 Å². The van der Waals surface area contributed by atoms with Gasteiger partial charge in [-0.25, -0.2) is 0 Å². The van der Waals surface area contributed by atoms with E-state index in [1.54, 1.807) is 44.4 Å². The highest BCUT2D eigenvalue weighted by atomic mass is 35.5. The smallest absolute Gasteiger partial charge is 0.417 e. The molecule has 0 aliphatic rings. The summed E-state index contributed by atoms with van der Waals surface area (Å²) in [5.41, 5.74) is 2.44. The number of hydrogen-bond donors (Lipinski definition) is 1. The van der Waals surface area contributed by atoms with Crippen molar-refractivity contribution in [3.05, 3.63) is 136 Å². The molecule has 1 N–H and O–H groups in total. The zero-order chi connectivity index (χ0) is 30.1. The summed E-state index contributed by atoms with van der Waals surface area (Å²) in [6.07, 6.45) is -3.88. The normalized spacial score (nSPS) is 12.3. The summed E-state index contributed by atoms with van der Waals surface area (Å²) in [6.45, 7) is 2.00. The molecule has 0 saturated heterocycles. The first-order chi connectivity index (χ1) is 20.1. The first kappa shape index (κ1) is 31.1. The van der Waals surface area contributed by atoms with Gasteiger partial charge in [0.1, 0.15) is 12.3 Å². The predicted molar refractivity (Wildman–Crippen MR) is 160 cm³/mol. The number of rotatable bonds is 12. The van der Waals surface area contributed by atoms with Crippen LogP contribution in [0.1, 0.15) is 45.0 Å². The Morgan fingerprint density at radius 1 is 0.881 bits per heavy atom. The van der Waals surface area contributed by atoms with Gasteiger partial charge in [-0.15, -0.1) is 0 Å². The molecule has 8 heteroatoms. The van der Waals surface area contributed by atoms with E-state index < -0.39 is 11.7 Å². The van der Waals surface area contributed by atoms with Crippen LogP contribution >= 0.6 is 11.6 Å². The highest BCUT2D eigenvalue weighted by molar-refractivity contribution is 6.32. The Hall–Kier alpha value is -3.81. The van der Waals surface area contributed by atoms with Gasteiger partial charge in [-0.05, 0) is 35.4 Å². The van der Waals surface area contributed by atoms with Gasteiger partial charge in [0.2, 0.25) is 0 Å². The lowest BCUT2D eigenvalue weighted by molar-refractivity contribution is -0.915. The summed E-state index contributed by atoms with van der Waals surface area (Å²) in [4.78, 5) is 14.9. The number of nitrogens with one attached hydrogen (secondary N) is 1. The quantitative estimate of drug-likeness (QED) is 0.184. The van der Waals surface area contributed by atoms with Crippen molar-refractivity contribution in [3.8, 4) is 5.75 Å². The fourth-order valence-corrected chi connectivity index (χ4v) is 5.34. The Morgan fingerprint density at radius 2 is 1.50 bits per heavy atom. The van der Waals surface area contributed by atoms with Gasteiger partial charge in [-0.1, -0.05) is 90.5 Å². The Balaban J connectivity index is 1.55. The molecule has 0 saturated carbocycles. The number of nitrogens with zero attached hydrogens (tertiary/aromatic N) is 1. The van der Waals surface area contributed by atoms with E-state index in [0.29, 0.717) is 49.5 Å². The predicted octanol–water partition coefficient (Wildman–Crippen LogP) is 6.75. The third kappa shape index (κ3) is 8.37. The number of quaternary nitrogens is 1. The molecule has 0 radical (unpaired) electrons. The van der Waals surface area contributed by atoms with Crippen molar-refractivity contribution in [2.24, 2.45) is 0 Å². The fraction of sp³-hybridized carbons (Fsp3) is 0.265. The first-order valence-corrected chi connectivity index (χ1v) is 14.2. The van der Waals surface area contributed by atoms with E-state index in [1.165, 1.54) is 11.0 Å². The Labute approximate surface area is 250 Å². The lowest BCUT2D eigenvalue weighted by Crippen LogP contribution is -3.11. The molecular formula is C34H35ClF3N2O2+. The van der Waals surface area contributed by atoms with Crippen LogP contribution in [0, 0.1) is 0 Å². The van der Waals surface area contributed by atoms with Gasteiger partial charge in [0.25, 0.3) is 5.91 Å². The lowest BCUT2D eigenvalue weighted by Gasteiger charge is -2.27. The van der Waals surface area contributed by atoms with Crippen LogP contribution in [-0.2, 0) is 12.7 Å². The van der Waals surface area contributed by atoms with E-state index in [0.717, 1.165) is 22.1 Å². The largest absolute Gasteiger partial charge is 0.493 e. The molecule has 1 amide bonds. The molecule has 0 spiro atoms. The molecule has 1 unspecified atom stereocenters. The maximum atomic E-state index is 13.6. The first-order valence-electron chi connectivity index (χ1n) is 13.9. The summed E-state index contributed by atoms with van der Waals surface area (Å²) < 4.78 is 46.8. The van der Waals surface area contributed by atoms with Crippen LogP contribution in [0.25, 0.3) is 0 Å². The van der Waals surface area contributed by atoms with E-state index >= 15 is 0 Å². The van der Waals surface area contributed by atoms with Crippen LogP contribution in [0.2, 0.25) is 5.02 Å². The minimum Gasteiger partial charge on any atom is -0.493 e. The van der Waals surface area contributed by atoms with Gasteiger partial charge in [0.15, 0.2) is 0 Å². The van der Waals surface area contributed by atoms with E-state index in [2.05, 4.69) is 24.3 Å². The number of ether oxygens (including phenoxy) is 1. The minimum atomic E-state index is -4.53. The van der Waals surface area contributed by atoms with Crippen molar-refractivity contribution < 1.29 is 27.6 Å². The fourth-order valence-electron chi connectivity index (χ4n) is 5.04. The Kier molecular flexibility index (Phi) is 10.7.